The summed E-state index contributed by atoms with van der Waals surface area (Å²) in [6.45, 7) is 4.15. The normalized spacial score (nSPS) is 11.1. The Labute approximate surface area is 99.4 Å². The molecule has 0 aliphatic rings. The van der Waals surface area contributed by atoms with Crippen molar-refractivity contribution in [1.82, 2.24) is 5.16 Å². The minimum absolute atomic E-state index is 0.293. The molecule has 1 heterocycles. The third-order valence-corrected chi connectivity index (χ3v) is 2.50. The molecule has 0 aliphatic carbocycles. The van der Waals surface area contributed by atoms with E-state index in [-0.39, 0.29) is 5.82 Å². The Morgan fingerprint density at radius 3 is 2.82 bits per heavy atom. The predicted molar refractivity (Wildman–Crippen MR) is 64.9 cm³/mol. The van der Waals surface area contributed by atoms with Crippen molar-refractivity contribution in [3.05, 3.63) is 35.8 Å². The lowest BCUT2D eigenvalue weighted by atomic mass is 10.0. The van der Waals surface area contributed by atoms with Gasteiger partial charge in [0.25, 0.3) is 0 Å². The SMILES string of the molecule is CC(C)Cc1onc(N)c1-c1cccc(F)c1. The van der Waals surface area contributed by atoms with E-state index in [1.54, 1.807) is 12.1 Å². The van der Waals surface area contributed by atoms with Gasteiger partial charge in [-0.05, 0) is 23.6 Å². The fourth-order valence-corrected chi connectivity index (χ4v) is 1.80. The maximum atomic E-state index is 13.2. The first-order valence-corrected chi connectivity index (χ1v) is 5.58. The van der Waals surface area contributed by atoms with Crippen molar-refractivity contribution in [1.29, 1.82) is 0 Å². The van der Waals surface area contributed by atoms with Gasteiger partial charge in [0, 0.05) is 6.42 Å². The highest BCUT2D eigenvalue weighted by atomic mass is 19.1. The summed E-state index contributed by atoms with van der Waals surface area (Å²) in [5, 5.41) is 3.76. The molecule has 2 aromatic rings. The second-order valence-corrected chi connectivity index (χ2v) is 4.47. The van der Waals surface area contributed by atoms with Gasteiger partial charge in [0.2, 0.25) is 0 Å². The Bertz CT molecular complexity index is 520. The van der Waals surface area contributed by atoms with Gasteiger partial charge in [-0.2, -0.15) is 0 Å². The highest BCUT2D eigenvalue weighted by Crippen LogP contribution is 2.31. The summed E-state index contributed by atoms with van der Waals surface area (Å²) in [6, 6.07) is 6.29. The van der Waals surface area contributed by atoms with E-state index in [1.807, 2.05) is 0 Å². The van der Waals surface area contributed by atoms with E-state index in [0.717, 1.165) is 6.42 Å². The van der Waals surface area contributed by atoms with Crippen molar-refractivity contribution < 1.29 is 8.91 Å². The largest absolute Gasteiger partial charge is 0.380 e. The summed E-state index contributed by atoms with van der Waals surface area (Å²) in [5.41, 5.74) is 7.19. The molecule has 0 saturated heterocycles. The van der Waals surface area contributed by atoms with Crippen LogP contribution in [-0.2, 0) is 6.42 Å². The van der Waals surface area contributed by atoms with Crippen molar-refractivity contribution in [3.8, 4) is 11.1 Å². The minimum Gasteiger partial charge on any atom is -0.380 e. The number of rotatable bonds is 3. The number of anilines is 1. The lowest BCUT2D eigenvalue weighted by Crippen LogP contribution is -1.96. The molecule has 0 saturated carbocycles. The third-order valence-electron chi connectivity index (χ3n) is 2.50. The van der Waals surface area contributed by atoms with Crippen LogP contribution in [-0.4, -0.2) is 5.16 Å². The van der Waals surface area contributed by atoms with Crippen LogP contribution in [0.15, 0.2) is 28.8 Å². The summed E-state index contributed by atoms with van der Waals surface area (Å²) >= 11 is 0. The van der Waals surface area contributed by atoms with Crippen LogP contribution in [0.1, 0.15) is 19.6 Å². The highest BCUT2D eigenvalue weighted by Gasteiger charge is 2.17. The van der Waals surface area contributed by atoms with Gasteiger partial charge >= 0.3 is 0 Å². The van der Waals surface area contributed by atoms with Gasteiger partial charge in [-0.1, -0.05) is 31.1 Å². The highest BCUT2D eigenvalue weighted by molar-refractivity contribution is 5.75. The first-order chi connectivity index (χ1) is 8.08. The quantitative estimate of drug-likeness (QED) is 0.886. The van der Waals surface area contributed by atoms with Gasteiger partial charge in [-0.3, -0.25) is 0 Å². The molecule has 0 unspecified atom stereocenters. The van der Waals surface area contributed by atoms with Crippen LogP contribution >= 0.6 is 0 Å². The van der Waals surface area contributed by atoms with Gasteiger partial charge in [0.05, 0.1) is 5.56 Å². The molecule has 1 aromatic heterocycles. The summed E-state index contributed by atoms with van der Waals surface area (Å²) in [6.07, 6.45) is 0.732. The number of aromatic nitrogens is 1. The zero-order valence-electron chi connectivity index (χ0n) is 9.90. The molecule has 0 radical (unpaired) electrons. The van der Waals surface area contributed by atoms with Crippen LogP contribution in [0.5, 0.6) is 0 Å². The van der Waals surface area contributed by atoms with Crippen molar-refractivity contribution in [3.63, 3.8) is 0 Å². The van der Waals surface area contributed by atoms with E-state index in [9.17, 15) is 4.39 Å². The lowest BCUT2D eigenvalue weighted by Gasteiger charge is -2.04. The summed E-state index contributed by atoms with van der Waals surface area (Å²) in [4.78, 5) is 0. The molecule has 90 valence electrons. The molecule has 0 fully saturated rings. The Balaban J connectivity index is 2.47. The lowest BCUT2D eigenvalue weighted by molar-refractivity contribution is 0.372. The molecule has 0 spiro atoms. The standard InChI is InChI=1S/C13H15FN2O/c1-8(2)6-11-12(13(15)16-17-11)9-4-3-5-10(14)7-9/h3-5,7-8H,6H2,1-2H3,(H2,15,16). The van der Waals surface area contributed by atoms with E-state index in [2.05, 4.69) is 19.0 Å². The van der Waals surface area contributed by atoms with Gasteiger partial charge in [-0.25, -0.2) is 4.39 Å². The fraction of sp³-hybridized carbons (Fsp3) is 0.308. The average molecular weight is 234 g/mol. The fourth-order valence-electron chi connectivity index (χ4n) is 1.80. The summed E-state index contributed by atoms with van der Waals surface area (Å²) in [5.74, 6) is 1.16. The summed E-state index contributed by atoms with van der Waals surface area (Å²) < 4.78 is 18.4. The van der Waals surface area contributed by atoms with Crippen LogP contribution in [0, 0.1) is 11.7 Å². The molecule has 4 heteroatoms. The molecular weight excluding hydrogens is 219 g/mol. The van der Waals surface area contributed by atoms with Crippen LogP contribution in [0.2, 0.25) is 0 Å². The number of hydrogen-bond donors (Lipinski definition) is 1. The second-order valence-electron chi connectivity index (χ2n) is 4.47. The van der Waals surface area contributed by atoms with E-state index in [1.165, 1.54) is 12.1 Å². The maximum absolute atomic E-state index is 13.2. The predicted octanol–water partition coefficient (Wildman–Crippen LogP) is 3.26. The van der Waals surface area contributed by atoms with Gasteiger partial charge in [-0.15, -0.1) is 0 Å². The van der Waals surface area contributed by atoms with E-state index in [0.29, 0.717) is 28.6 Å². The van der Waals surface area contributed by atoms with Crippen molar-refractivity contribution in [2.75, 3.05) is 5.73 Å². The molecule has 1 aromatic carbocycles. The smallest absolute Gasteiger partial charge is 0.175 e. The maximum Gasteiger partial charge on any atom is 0.175 e. The van der Waals surface area contributed by atoms with Crippen molar-refractivity contribution in [2.45, 2.75) is 20.3 Å². The minimum atomic E-state index is -0.293. The van der Waals surface area contributed by atoms with Crippen LogP contribution in [0.25, 0.3) is 11.1 Å². The number of nitrogens with two attached hydrogens (primary N) is 1. The zero-order valence-corrected chi connectivity index (χ0v) is 9.90. The Kier molecular flexibility index (Phi) is 3.13. The molecule has 0 amide bonds. The number of nitrogen functional groups attached to an aromatic ring is 1. The number of halogens is 1. The number of nitrogens with zero attached hydrogens (tertiary/aromatic N) is 1. The molecular formula is C13H15FN2O. The monoisotopic (exact) mass is 234 g/mol. The first kappa shape index (κ1) is 11.6. The van der Waals surface area contributed by atoms with Gasteiger partial charge < -0.3 is 10.3 Å². The van der Waals surface area contributed by atoms with Crippen molar-refractivity contribution >= 4 is 5.82 Å². The first-order valence-electron chi connectivity index (χ1n) is 5.58. The molecule has 0 aliphatic heterocycles. The molecule has 17 heavy (non-hydrogen) atoms. The van der Waals surface area contributed by atoms with E-state index >= 15 is 0 Å². The van der Waals surface area contributed by atoms with Crippen LogP contribution in [0.4, 0.5) is 10.2 Å². The van der Waals surface area contributed by atoms with Crippen LogP contribution in [0.3, 0.4) is 0 Å². The van der Waals surface area contributed by atoms with E-state index in [4.69, 9.17) is 10.3 Å². The molecule has 0 bridgehead atoms. The zero-order chi connectivity index (χ0) is 12.4. The summed E-state index contributed by atoms with van der Waals surface area (Å²) in [7, 11) is 0. The van der Waals surface area contributed by atoms with Crippen LogP contribution < -0.4 is 5.73 Å². The third kappa shape index (κ3) is 2.46. The van der Waals surface area contributed by atoms with E-state index < -0.39 is 0 Å². The Hall–Kier alpha value is -1.84. The molecule has 3 nitrogen and oxygen atoms in total. The topological polar surface area (TPSA) is 52.0 Å². The van der Waals surface area contributed by atoms with Gasteiger partial charge in [0.1, 0.15) is 11.6 Å². The number of hydrogen-bond acceptors (Lipinski definition) is 3. The van der Waals surface area contributed by atoms with Gasteiger partial charge in [0.15, 0.2) is 5.82 Å². The molecule has 2 rings (SSSR count). The molecule has 0 atom stereocenters. The molecule has 2 N–H and O–H groups in total. The number of benzene rings is 1. The Morgan fingerprint density at radius 2 is 2.18 bits per heavy atom. The average Bonchev–Trinajstić information content (AvgIpc) is 2.59. The van der Waals surface area contributed by atoms with Crippen molar-refractivity contribution in [2.24, 2.45) is 5.92 Å². The Morgan fingerprint density at radius 1 is 1.41 bits per heavy atom. The second kappa shape index (κ2) is 4.57.